The molecule has 3 aromatic rings. The number of anilines is 1. The standard InChI is InChI=1S/C22H24N4O2/c1-16-5-3-4-6-17(16)15-25-9-11-26(12-10-25)21-19-13-23-14-20(22(27)28-2)18(19)7-8-24-21/h3-8,13-14H,9-12,15H2,1-2H3. The molecule has 1 fully saturated rings. The number of fused-ring (bicyclic) bond motifs is 1. The molecule has 3 heterocycles. The van der Waals surface area contributed by atoms with Crippen LogP contribution in [0, 0.1) is 6.92 Å². The van der Waals surface area contributed by atoms with Crippen LogP contribution in [-0.2, 0) is 11.3 Å². The number of nitrogens with zero attached hydrogens (tertiary/aromatic N) is 4. The second-order valence-electron chi connectivity index (χ2n) is 7.10. The van der Waals surface area contributed by atoms with Gasteiger partial charge < -0.3 is 9.64 Å². The van der Waals surface area contributed by atoms with Crippen LogP contribution in [0.1, 0.15) is 21.5 Å². The molecule has 1 aromatic carbocycles. The summed E-state index contributed by atoms with van der Waals surface area (Å²) in [5.74, 6) is 0.504. The predicted molar refractivity (Wildman–Crippen MR) is 110 cm³/mol. The molecule has 28 heavy (non-hydrogen) atoms. The minimum Gasteiger partial charge on any atom is -0.465 e. The number of methoxy groups -OCH3 is 1. The van der Waals surface area contributed by atoms with E-state index in [1.807, 2.05) is 6.07 Å². The summed E-state index contributed by atoms with van der Waals surface area (Å²) in [6, 6.07) is 10.4. The molecule has 0 aliphatic carbocycles. The maximum absolute atomic E-state index is 12.1. The lowest BCUT2D eigenvalue weighted by atomic mass is 10.1. The Morgan fingerprint density at radius 3 is 2.61 bits per heavy atom. The zero-order chi connectivity index (χ0) is 19.5. The highest BCUT2D eigenvalue weighted by Gasteiger charge is 2.21. The monoisotopic (exact) mass is 376 g/mol. The van der Waals surface area contributed by atoms with Crippen LogP contribution in [0.2, 0.25) is 0 Å². The Hall–Kier alpha value is -2.99. The first kappa shape index (κ1) is 18.4. The average molecular weight is 376 g/mol. The molecule has 2 aromatic heterocycles. The molecule has 0 saturated carbocycles. The van der Waals surface area contributed by atoms with Crippen molar-refractivity contribution in [3.8, 4) is 0 Å². The number of rotatable bonds is 4. The number of piperazine rings is 1. The van der Waals surface area contributed by atoms with Crippen LogP contribution < -0.4 is 4.90 Å². The number of ether oxygens (including phenoxy) is 1. The topological polar surface area (TPSA) is 58.6 Å². The number of carbonyl (C=O) groups excluding carboxylic acids is 1. The van der Waals surface area contributed by atoms with Crippen LogP contribution in [0.3, 0.4) is 0 Å². The van der Waals surface area contributed by atoms with E-state index in [-0.39, 0.29) is 5.97 Å². The Kier molecular flexibility index (Phi) is 5.21. The number of aryl methyl sites for hydroxylation is 1. The molecule has 0 radical (unpaired) electrons. The molecule has 4 rings (SSSR count). The van der Waals surface area contributed by atoms with Crippen molar-refractivity contribution in [1.82, 2.24) is 14.9 Å². The van der Waals surface area contributed by atoms with E-state index >= 15 is 0 Å². The maximum Gasteiger partial charge on any atom is 0.340 e. The highest BCUT2D eigenvalue weighted by Crippen LogP contribution is 2.27. The molecule has 0 bridgehead atoms. The molecular weight excluding hydrogens is 352 g/mol. The van der Waals surface area contributed by atoms with Gasteiger partial charge in [0.25, 0.3) is 0 Å². The second kappa shape index (κ2) is 7.94. The minimum atomic E-state index is -0.377. The fraction of sp³-hybridized carbons (Fsp3) is 0.318. The van der Waals surface area contributed by atoms with E-state index in [9.17, 15) is 4.79 Å². The summed E-state index contributed by atoms with van der Waals surface area (Å²) in [5, 5.41) is 1.71. The second-order valence-corrected chi connectivity index (χ2v) is 7.10. The van der Waals surface area contributed by atoms with Gasteiger partial charge in [-0.25, -0.2) is 9.78 Å². The van der Waals surface area contributed by atoms with Crippen molar-refractivity contribution in [1.29, 1.82) is 0 Å². The number of pyridine rings is 2. The molecule has 6 nitrogen and oxygen atoms in total. The van der Waals surface area contributed by atoms with Crippen LogP contribution in [0.15, 0.2) is 48.9 Å². The third-order valence-corrected chi connectivity index (χ3v) is 5.40. The normalized spacial score (nSPS) is 15.0. The molecule has 1 saturated heterocycles. The summed E-state index contributed by atoms with van der Waals surface area (Å²) in [4.78, 5) is 25.6. The number of hydrogen-bond acceptors (Lipinski definition) is 6. The van der Waals surface area contributed by atoms with E-state index in [2.05, 4.69) is 51.0 Å². The Morgan fingerprint density at radius 1 is 1.07 bits per heavy atom. The molecule has 0 amide bonds. The lowest BCUT2D eigenvalue weighted by Crippen LogP contribution is -2.46. The van der Waals surface area contributed by atoms with Crippen LogP contribution in [-0.4, -0.2) is 54.1 Å². The molecule has 1 aliphatic heterocycles. The van der Waals surface area contributed by atoms with Gasteiger partial charge in [-0.3, -0.25) is 9.88 Å². The zero-order valence-electron chi connectivity index (χ0n) is 16.3. The van der Waals surface area contributed by atoms with Crippen LogP contribution in [0.25, 0.3) is 10.8 Å². The fourth-order valence-corrected chi connectivity index (χ4v) is 3.75. The van der Waals surface area contributed by atoms with Crippen LogP contribution in [0.4, 0.5) is 5.82 Å². The Morgan fingerprint density at radius 2 is 1.86 bits per heavy atom. The zero-order valence-corrected chi connectivity index (χ0v) is 16.3. The van der Waals surface area contributed by atoms with Gasteiger partial charge >= 0.3 is 5.97 Å². The van der Waals surface area contributed by atoms with Gasteiger partial charge in [-0.1, -0.05) is 24.3 Å². The number of aromatic nitrogens is 2. The summed E-state index contributed by atoms with van der Waals surface area (Å²) in [6.45, 7) is 6.85. The first-order valence-electron chi connectivity index (χ1n) is 9.50. The van der Waals surface area contributed by atoms with Crippen molar-refractivity contribution in [3.05, 3.63) is 65.6 Å². The van der Waals surface area contributed by atoms with E-state index in [1.54, 1.807) is 18.6 Å². The molecule has 144 valence electrons. The van der Waals surface area contributed by atoms with Gasteiger partial charge in [-0.2, -0.15) is 0 Å². The van der Waals surface area contributed by atoms with Gasteiger partial charge in [0.05, 0.1) is 12.7 Å². The number of hydrogen-bond donors (Lipinski definition) is 0. The quantitative estimate of drug-likeness (QED) is 0.653. The SMILES string of the molecule is COC(=O)c1cncc2c(N3CCN(Cc4ccccc4C)CC3)nccc12. The van der Waals surface area contributed by atoms with Gasteiger partial charge in [0.2, 0.25) is 0 Å². The summed E-state index contributed by atoms with van der Waals surface area (Å²) >= 11 is 0. The number of carbonyl (C=O) groups is 1. The highest BCUT2D eigenvalue weighted by molar-refractivity contribution is 6.06. The van der Waals surface area contributed by atoms with Crippen molar-refractivity contribution in [3.63, 3.8) is 0 Å². The average Bonchev–Trinajstić information content (AvgIpc) is 2.74. The summed E-state index contributed by atoms with van der Waals surface area (Å²) in [5.41, 5.74) is 3.19. The number of benzene rings is 1. The first-order chi connectivity index (χ1) is 13.7. The maximum atomic E-state index is 12.1. The summed E-state index contributed by atoms with van der Waals surface area (Å²) in [6.07, 6.45) is 5.09. The van der Waals surface area contributed by atoms with Gasteiger partial charge in [-0.05, 0) is 24.1 Å². The Bertz CT molecular complexity index is 997. The third kappa shape index (κ3) is 3.55. The van der Waals surface area contributed by atoms with E-state index in [0.29, 0.717) is 5.56 Å². The Labute approximate surface area is 164 Å². The van der Waals surface area contributed by atoms with Crippen LogP contribution in [0.5, 0.6) is 0 Å². The van der Waals surface area contributed by atoms with Gasteiger partial charge in [0, 0.05) is 62.1 Å². The summed E-state index contributed by atoms with van der Waals surface area (Å²) < 4.78 is 4.89. The first-order valence-corrected chi connectivity index (χ1v) is 9.50. The summed E-state index contributed by atoms with van der Waals surface area (Å²) in [7, 11) is 1.39. The number of esters is 1. The van der Waals surface area contributed by atoms with E-state index in [4.69, 9.17) is 4.74 Å². The molecular formula is C22H24N4O2. The molecule has 0 N–H and O–H groups in total. The largest absolute Gasteiger partial charge is 0.465 e. The van der Waals surface area contributed by atoms with Crippen molar-refractivity contribution < 1.29 is 9.53 Å². The lowest BCUT2D eigenvalue weighted by molar-refractivity contribution is 0.0602. The van der Waals surface area contributed by atoms with Crippen molar-refractivity contribution in [2.45, 2.75) is 13.5 Å². The molecule has 1 aliphatic rings. The van der Waals surface area contributed by atoms with Gasteiger partial charge in [-0.15, -0.1) is 0 Å². The van der Waals surface area contributed by atoms with Crippen LogP contribution >= 0.6 is 0 Å². The molecule has 0 unspecified atom stereocenters. The van der Waals surface area contributed by atoms with E-state index in [1.165, 1.54) is 18.2 Å². The minimum absolute atomic E-state index is 0.377. The van der Waals surface area contributed by atoms with Gasteiger partial charge in [0.15, 0.2) is 0 Å². The highest BCUT2D eigenvalue weighted by atomic mass is 16.5. The molecule has 0 atom stereocenters. The van der Waals surface area contributed by atoms with E-state index < -0.39 is 0 Å². The van der Waals surface area contributed by atoms with Crippen molar-refractivity contribution in [2.75, 3.05) is 38.2 Å². The van der Waals surface area contributed by atoms with Gasteiger partial charge in [0.1, 0.15) is 5.82 Å². The lowest BCUT2D eigenvalue weighted by Gasteiger charge is -2.36. The smallest absolute Gasteiger partial charge is 0.340 e. The fourth-order valence-electron chi connectivity index (χ4n) is 3.75. The molecule has 6 heteroatoms. The van der Waals surface area contributed by atoms with E-state index in [0.717, 1.165) is 49.3 Å². The van der Waals surface area contributed by atoms with Crippen molar-refractivity contribution >= 4 is 22.6 Å². The third-order valence-electron chi connectivity index (χ3n) is 5.40. The van der Waals surface area contributed by atoms with Crippen molar-refractivity contribution in [2.24, 2.45) is 0 Å². The predicted octanol–water partition coefficient (Wildman–Crippen LogP) is 3.05. The Balaban J connectivity index is 1.53. The molecule has 0 spiro atoms.